The summed E-state index contributed by atoms with van der Waals surface area (Å²) in [5.74, 6) is -0.871. The maximum absolute atomic E-state index is 12.8. The third kappa shape index (κ3) is 4.44. The molecule has 6 heteroatoms. The minimum absolute atomic E-state index is 0.210. The molecule has 1 fully saturated rings. The maximum atomic E-state index is 12.8. The topological polar surface area (TPSA) is 69.7 Å². The van der Waals surface area contributed by atoms with Crippen LogP contribution in [0.4, 0.5) is 0 Å². The Morgan fingerprint density at radius 3 is 2.40 bits per heavy atom. The van der Waals surface area contributed by atoms with Gasteiger partial charge >= 0.3 is 0 Å². The zero-order valence-corrected chi connectivity index (χ0v) is 17.1. The molecule has 0 radical (unpaired) electrons. The quantitative estimate of drug-likeness (QED) is 0.568. The molecule has 0 saturated carbocycles. The van der Waals surface area contributed by atoms with E-state index in [1.54, 1.807) is 18.2 Å². The Kier molecular flexibility index (Phi) is 6.23. The first-order valence-corrected chi connectivity index (χ1v) is 10.7. The zero-order valence-electron chi connectivity index (χ0n) is 17.1. The summed E-state index contributed by atoms with van der Waals surface area (Å²) >= 11 is 0. The summed E-state index contributed by atoms with van der Waals surface area (Å²) in [5.41, 5.74) is 1.96. The molecule has 2 aliphatic heterocycles. The molecule has 30 heavy (non-hydrogen) atoms. The fourth-order valence-corrected chi connectivity index (χ4v) is 4.13. The average Bonchev–Trinajstić information content (AvgIpc) is 3.02. The number of fused-ring (bicyclic) bond motifs is 1. The van der Waals surface area contributed by atoms with Crippen molar-refractivity contribution in [3.05, 3.63) is 70.8 Å². The number of imide groups is 1. The smallest absolute Gasteiger partial charge is 0.261 e. The summed E-state index contributed by atoms with van der Waals surface area (Å²) in [6.07, 6.45) is 4.74. The third-order valence-electron chi connectivity index (χ3n) is 5.80. The molecule has 1 N–H and O–H groups in total. The number of amides is 3. The van der Waals surface area contributed by atoms with E-state index >= 15 is 0 Å². The molecular weight excluding hydrogens is 378 g/mol. The largest absolute Gasteiger partial charge is 0.352 e. The number of carbonyl (C=O) groups excluding carboxylic acids is 3. The molecule has 3 amide bonds. The number of likely N-dealkylation sites (tertiary alicyclic amines) is 1. The first kappa shape index (κ1) is 20.3. The van der Waals surface area contributed by atoms with Crippen molar-refractivity contribution in [3.8, 4) is 0 Å². The predicted octanol–water partition coefficient (Wildman–Crippen LogP) is 3.09. The van der Waals surface area contributed by atoms with Crippen molar-refractivity contribution < 1.29 is 14.4 Å². The van der Waals surface area contributed by atoms with E-state index in [9.17, 15) is 14.4 Å². The number of carbonyl (C=O) groups is 3. The fourth-order valence-electron chi connectivity index (χ4n) is 4.13. The van der Waals surface area contributed by atoms with E-state index in [-0.39, 0.29) is 24.3 Å². The van der Waals surface area contributed by atoms with Gasteiger partial charge in [-0.05, 0) is 62.7 Å². The minimum atomic E-state index is -0.349. The summed E-state index contributed by atoms with van der Waals surface area (Å²) in [6.45, 7) is 4.11. The predicted molar refractivity (Wildman–Crippen MR) is 114 cm³/mol. The van der Waals surface area contributed by atoms with Crippen LogP contribution in [-0.2, 0) is 6.54 Å². The molecule has 0 aliphatic carbocycles. The number of rotatable bonds is 7. The average molecular weight is 405 g/mol. The second-order valence-electron chi connectivity index (χ2n) is 7.95. The molecular formula is C24H27N3O3. The lowest BCUT2D eigenvalue weighted by molar-refractivity contribution is 0.0642. The van der Waals surface area contributed by atoms with Crippen molar-refractivity contribution >= 4 is 17.7 Å². The molecule has 4 rings (SSSR count). The van der Waals surface area contributed by atoms with Gasteiger partial charge in [0.1, 0.15) is 0 Å². The van der Waals surface area contributed by atoms with Gasteiger partial charge < -0.3 is 10.2 Å². The number of nitrogens with zero attached hydrogens (tertiary/aromatic N) is 2. The van der Waals surface area contributed by atoms with Crippen molar-refractivity contribution in [2.75, 3.05) is 26.2 Å². The monoisotopic (exact) mass is 405 g/mol. The Bertz CT molecular complexity index is 936. The van der Waals surface area contributed by atoms with Gasteiger partial charge in [0.25, 0.3) is 17.7 Å². The highest BCUT2D eigenvalue weighted by Gasteiger charge is 2.35. The van der Waals surface area contributed by atoms with Gasteiger partial charge in [0, 0.05) is 12.1 Å². The van der Waals surface area contributed by atoms with Gasteiger partial charge in [0.15, 0.2) is 0 Å². The number of hydrogen-bond donors (Lipinski definition) is 1. The van der Waals surface area contributed by atoms with Crippen LogP contribution in [0.5, 0.6) is 0 Å². The molecule has 156 valence electrons. The van der Waals surface area contributed by atoms with E-state index in [1.807, 2.05) is 30.3 Å². The second-order valence-corrected chi connectivity index (χ2v) is 7.95. The van der Waals surface area contributed by atoms with Gasteiger partial charge in [-0.1, -0.05) is 36.8 Å². The standard InChI is InChI=1S/C24H27N3O3/c28-22(25-12-7-15-26-13-5-2-6-14-26)19-10-11-20-21(16-19)24(30)27(23(20)29)17-18-8-3-1-4-9-18/h1,3-4,8-11,16H,2,5-7,12-15,17H2,(H,25,28). The lowest BCUT2D eigenvalue weighted by Gasteiger charge is -2.26. The highest BCUT2D eigenvalue weighted by molar-refractivity contribution is 6.22. The molecule has 0 bridgehead atoms. The number of benzene rings is 2. The van der Waals surface area contributed by atoms with Crippen molar-refractivity contribution in [1.82, 2.24) is 15.1 Å². The first-order chi connectivity index (χ1) is 14.6. The molecule has 2 heterocycles. The fraction of sp³-hybridized carbons (Fsp3) is 0.375. The second kappa shape index (κ2) is 9.22. The van der Waals surface area contributed by atoms with Gasteiger partial charge in [-0.25, -0.2) is 0 Å². The third-order valence-corrected chi connectivity index (χ3v) is 5.80. The summed E-state index contributed by atoms with van der Waals surface area (Å²) < 4.78 is 0. The summed E-state index contributed by atoms with van der Waals surface area (Å²) in [4.78, 5) is 41.6. The molecule has 2 aromatic carbocycles. The highest BCUT2D eigenvalue weighted by atomic mass is 16.2. The molecule has 0 aromatic heterocycles. The number of hydrogen-bond acceptors (Lipinski definition) is 4. The van der Waals surface area contributed by atoms with Gasteiger partial charge in [-0.15, -0.1) is 0 Å². The maximum Gasteiger partial charge on any atom is 0.261 e. The number of piperidine rings is 1. The lowest BCUT2D eigenvalue weighted by Crippen LogP contribution is -2.33. The minimum Gasteiger partial charge on any atom is -0.352 e. The van der Waals surface area contributed by atoms with E-state index < -0.39 is 0 Å². The van der Waals surface area contributed by atoms with Gasteiger partial charge in [-0.3, -0.25) is 19.3 Å². The van der Waals surface area contributed by atoms with Gasteiger partial charge in [0.2, 0.25) is 0 Å². The molecule has 2 aromatic rings. The van der Waals surface area contributed by atoms with E-state index in [1.165, 1.54) is 24.2 Å². The van der Waals surface area contributed by atoms with E-state index in [2.05, 4.69) is 10.2 Å². The van der Waals surface area contributed by atoms with Crippen molar-refractivity contribution in [3.63, 3.8) is 0 Å². The van der Waals surface area contributed by atoms with Crippen LogP contribution in [0.1, 0.15) is 62.3 Å². The lowest BCUT2D eigenvalue weighted by atomic mass is 10.1. The molecule has 0 atom stereocenters. The van der Waals surface area contributed by atoms with Crippen LogP contribution in [0.25, 0.3) is 0 Å². The summed E-state index contributed by atoms with van der Waals surface area (Å²) in [5, 5.41) is 2.93. The molecule has 6 nitrogen and oxygen atoms in total. The Labute approximate surface area is 176 Å². The van der Waals surface area contributed by atoms with Crippen molar-refractivity contribution in [2.24, 2.45) is 0 Å². The normalized spacial score (nSPS) is 16.6. The van der Waals surface area contributed by atoms with E-state index in [0.717, 1.165) is 31.6 Å². The van der Waals surface area contributed by atoms with E-state index in [0.29, 0.717) is 23.2 Å². The SMILES string of the molecule is O=C(NCCCN1CCCCC1)c1ccc2c(c1)C(=O)N(Cc1ccccc1)C2=O. The van der Waals surface area contributed by atoms with Crippen LogP contribution in [0.2, 0.25) is 0 Å². The van der Waals surface area contributed by atoms with Crippen LogP contribution in [0.15, 0.2) is 48.5 Å². The summed E-state index contributed by atoms with van der Waals surface area (Å²) in [7, 11) is 0. The molecule has 0 unspecified atom stereocenters. The van der Waals surface area contributed by atoms with Crippen molar-refractivity contribution in [2.45, 2.75) is 32.2 Å². The van der Waals surface area contributed by atoms with Crippen LogP contribution >= 0.6 is 0 Å². The Morgan fingerprint density at radius 2 is 1.63 bits per heavy atom. The zero-order chi connectivity index (χ0) is 20.9. The van der Waals surface area contributed by atoms with Gasteiger partial charge in [0.05, 0.1) is 17.7 Å². The Morgan fingerprint density at radius 1 is 0.900 bits per heavy atom. The molecule has 2 aliphatic rings. The van der Waals surface area contributed by atoms with Crippen molar-refractivity contribution in [1.29, 1.82) is 0 Å². The Hall–Kier alpha value is -2.99. The van der Waals surface area contributed by atoms with Crippen LogP contribution in [-0.4, -0.2) is 53.7 Å². The van der Waals surface area contributed by atoms with E-state index in [4.69, 9.17) is 0 Å². The highest BCUT2D eigenvalue weighted by Crippen LogP contribution is 2.25. The molecule has 1 saturated heterocycles. The van der Waals surface area contributed by atoms with Crippen LogP contribution < -0.4 is 5.32 Å². The Balaban J connectivity index is 1.35. The first-order valence-electron chi connectivity index (χ1n) is 10.7. The molecule has 0 spiro atoms. The van der Waals surface area contributed by atoms with Crippen LogP contribution in [0.3, 0.4) is 0 Å². The van der Waals surface area contributed by atoms with Crippen LogP contribution in [0, 0.1) is 0 Å². The summed E-state index contributed by atoms with van der Waals surface area (Å²) in [6, 6.07) is 14.2. The van der Waals surface area contributed by atoms with Gasteiger partial charge in [-0.2, -0.15) is 0 Å². The number of nitrogens with one attached hydrogen (secondary N) is 1.